The lowest BCUT2D eigenvalue weighted by atomic mass is 10.1. The van der Waals surface area contributed by atoms with Crippen LogP contribution in [0.4, 0.5) is 5.69 Å². The number of hydrogen-bond acceptors (Lipinski definition) is 2. The van der Waals surface area contributed by atoms with Gasteiger partial charge in [0.15, 0.2) is 0 Å². The smallest absolute Gasteiger partial charge is 0.150 e. The van der Waals surface area contributed by atoms with Gasteiger partial charge in [0.2, 0.25) is 0 Å². The van der Waals surface area contributed by atoms with E-state index in [4.69, 9.17) is 0 Å². The molecule has 2 nitrogen and oxygen atoms in total. The first-order chi connectivity index (χ1) is 11.3. The predicted molar refractivity (Wildman–Crippen MR) is 109 cm³/mol. The second kappa shape index (κ2) is 14.0. The number of unbranched alkanes of at least 4 members (excludes halogenated alkanes) is 6. The second-order valence-electron chi connectivity index (χ2n) is 5.90. The predicted octanol–water partition coefficient (Wildman–Crippen LogP) is 6.22. The normalized spacial score (nSPS) is 10.7. The minimum atomic E-state index is 0.753. The highest BCUT2D eigenvalue weighted by atomic mass is 79.9. The summed E-state index contributed by atoms with van der Waals surface area (Å²) in [5.74, 6) is 0. The van der Waals surface area contributed by atoms with Crippen LogP contribution < -0.4 is 4.90 Å². The van der Waals surface area contributed by atoms with Crippen LogP contribution in [0.2, 0.25) is 0 Å². The van der Waals surface area contributed by atoms with E-state index < -0.39 is 0 Å². The van der Waals surface area contributed by atoms with Crippen LogP contribution in [-0.4, -0.2) is 30.0 Å². The van der Waals surface area contributed by atoms with Crippen molar-refractivity contribution in [2.45, 2.75) is 51.4 Å². The summed E-state index contributed by atoms with van der Waals surface area (Å²) in [4.78, 5) is 13.3. The molecule has 0 spiro atoms. The standard InChI is InChI=1S/C19H29Br2NO/c20-13-5-1-3-7-15-22(16-8-4-2-6-14-21)19-11-9-18(17-23)10-12-19/h9-12,17H,1-8,13-16H2. The Kier molecular flexibility index (Phi) is 12.6. The summed E-state index contributed by atoms with van der Waals surface area (Å²) in [5.41, 5.74) is 2.00. The van der Waals surface area contributed by atoms with Crippen LogP contribution in [0, 0.1) is 0 Å². The van der Waals surface area contributed by atoms with Gasteiger partial charge in [0.05, 0.1) is 0 Å². The summed E-state index contributed by atoms with van der Waals surface area (Å²) >= 11 is 6.99. The van der Waals surface area contributed by atoms with Crippen molar-refractivity contribution >= 4 is 43.8 Å². The van der Waals surface area contributed by atoms with Crippen molar-refractivity contribution in [1.82, 2.24) is 0 Å². The van der Waals surface area contributed by atoms with E-state index in [1.807, 2.05) is 12.1 Å². The molecule has 0 N–H and O–H groups in total. The van der Waals surface area contributed by atoms with Crippen molar-refractivity contribution in [3.63, 3.8) is 0 Å². The zero-order chi connectivity index (χ0) is 16.8. The van der Waals surface area contributed by atoms with E-state index in [1.54, 1.807) is 0 Å². The van der Waals surface area contributed by atoms with Gasteiger partial charge in [-0.25, -0.2) is 0 Å². The number of carbonyl (C=O) groups is 1. The second-order valence-corrected chi connectivity index (χ2v) is 7.49. The Morgan fingerprint density at radius 3 is 1.65 bits per heavy atom. The van der Waals surface area contributed by atoms with E-state index in [2.05, 4.69) is 48.9 Å². The zero-order valence-corrected chi connectivity index (χ0v) is 17.2. The van der Waals surface area contributed by atoms with E-state index >= 15 is 0 Å². The lowest BCUT2D eigenvalue weighted by molar-refractivity contribution is 0.112. The Morgan fingerprint density at radius 1 is 0.739 bits per heavy atom. The van der Waals surface area contributed by atoms with Crippen molar-refractivity contribution in [2.24, 2.45) is 0 Å². The average Bonchev–Trinajstić information content (AvgIpc) is 2.59. The molecule has 0 atom stereocenters. The van der Waals surface area contributed by atoms with E-state index in [0.29, 0.717) is 0 Å². The molecule has 1 rings (SSSR count). The van der Waals surface area contributed by atoms with E-state index in [1.165, 1.54) is 57.1 Å². The summed E-state index contributed by atoms with van der Waals surface area (Å²) in [6.45, 7) is 2.22. The van der Waals surface area contributed by atoms with Gasteiger partial charge in [0, 0.05) is 35.0 Å². The highest BCUT2D eigenvalue weighted by Crippen LogP contribution is 2.17. The number of halogens is 2. The maximum absolute atomic E-state index is 10.8. The average molecular weight is 447 g/mol. The number of benzene rings is 1. The molecule has 23 heavy (non-hydrogen) atoms. The SMILES string of the molecule is O=Cc1ccc(N(CCCCCCBr)CCCCCCBr)cc1. The van der Waals surface area contributed by atoms with Crippen molar-refractivity contribution in [3.8, 4) is 0 Å². The zero-order valence-electron chi connectivity index (χ0n) is 14.0. The fourth-order valence-electron chi connectivity index (χ4n) is 2.64. The number of alkyl halides is 2. The topological polar surface area (TPSA) is 20.3 Å². The summed E-state index contributed by atoms with van der Waals surface area (Å²) in [7, 11) is 0. The van der Waals surface area contributed by atoms with Crippen LogP contribution in [-0.2, 0) is 0 Å². The molecule has 0 aliphatic rings. The van der Waals surface area contributed by atoms with E-state index in [9.17, 15) is 4.79 Å². The lowest BCUT2D eigenvalue weighted by Crippen LogP contribution is -2.25. The van der Waals surface area contributed by atoms with Crippen LogP contribution in [0.15, 0.2) is 24.3 Å². The molecule has 0 aromatic heterocycles. The third-order valence-corrected chi connectivity index (χ3v) is 5.14. The molecule has 0 heterocycles. The number of anilines is 1. The Bertz CT molecular complexity index is 394. The van der Waals surface area contributed by atoms with Crippen molar-refractivity contribution in [3.05, 3.63) is 29.8 Å². The molecule has 0 radical (unpaired) electrons. The quantitative estimate of drug-likeness (QED) is 0.192. The van der Waals surface area contributed by atoms with Gasteiger partial charge >= 0.3 is 0 Å². The molecule has 0 aliphatic carbocycles. The van der Waals surface area contributed by atoms with Crippen molar-refractivity contribution in [1.29, 1.82) is 0 Å². The van der Waals surface area contributed by atoms with E-state index in [0.717, 1.165) is 35.6 Å². The summed E-state index contributed by atoms with van der Waals surface area (Å²) in [5, 5.41) is 2.22. The van der Waals surface area contributed by atoms with Gasteiger partial charge in [0.25, 0.3) is 0 Å². The van der Waals surface area contributed by atoms with Crippen LogP contribution in [0.25, 0.3) is 0 Å². The molecule has 1 aromatic carbocycles. The molecule has 0 unspecified atom stereocenters. The maximum atomic E-state index is 10.8. The number of nitrogens with zero attached hydrogens (tertiary/aromatic N) is 1. The highest BCUT2D eigenvalue weighted by molar-refractivity contribution is 9.09. The van der Waals surface area contributed by atoms with Crippen LogP contribution in [0.1, 0.15) is 61.7 Å². The molecule has 4 heteroatoms. The third-order valence-electron chi connectivity index (χ3n) is 4.02. The third kappa shape index (κ3) is 9.51. The first-order valence-corrected chi connectivity index (χ1v) is 11.0. The molecule has 0 saturated carbocycles. The molecular formula is C19H29Br2NO. The van der Waals surface area contributed by atoms with Crippen molar-refractivity contribution in [2.75, 3.05) is 28.6 Å². The number of aldehydes is 1. The number of hydrogen-bond donors (Lipinski definition) is 0. The minimum absolute atomic E-state index is 0.753. The van der Waals surface area contributed by atoms with Gasteiger partial charge in [-0.3, -0.25) is 4.79 Å². The van der Waals surface area contributed by atoms with Gasteiger partial charge in [-0.2, -0.15) is 0 Å². The van der Waals surface area contributed by atoms with Gasteiger partial charge < -0.3 is 4.90 Å². The van der Waals surface area contributed by atoms with Crippen LogP contribution in [0.5, 0.6) is 0 Å². The maximum Gasteiger partial charge on any atom is 0.150 e. The monoisotopic (exact) mass is 445 g/mol. The Balaban J connectivity index is 2.47. The van der Waals surface area contributed by atoms with Gasteiger partial charge in [-0.05, 0) is 49.9 Å². The summed E-state index contributed by atoms with van der Waals surface area (Å²) < 4.78 is 0. The Hall–Kier alpha value is -0.350. The molecule has 0 bridgehead atoms. The molecule has 0 aliphatic heterocycles. The van der Waals surface area contributed by atoms with Gasteiger partial charge in [0.1, 0.15) is 6.29 Å². The number of rotatable bonds is 14. The first-order valence-electron chi connectivity index (χ1n) is 8.74. The van der Waals surface area contributed by atoms with E-state index in [-0.39, 0.29) is 0 Å². The Labute approximate surface area is 158 Å². The molecule has 0 saturated heterocycles. The fraction of sp³-hybridized carbons (Fsp3) is 0.632. The molecular weight excluding hydrogens is 418 g/mol. The molecule has 0 fully saturated rings. The minimum Gasteiger partial charge on any atom is -0.372 e. The summed E-state index contributed by atoms with van der Waals surface area (Å²) in [6.07, 6.45) is 11.1. The van der Waals surface area contributed by atoms with Gasteiger partial charge in [-0.15, -0.1) is 0 Å². The van der Waals surface area contributed by atoms with Crippen LogP contribution in [0.3, 0.4) is 0 Å². The largest absolute Gasteiger partial charge is 0.372 e. The van der Waals surface area contributed by atoms with Gasteiger partial charge in [-0.1, -0.05) is 57.5 Å². The van der Waals surface area contributed by atoms with Crippen LogP contribution >= 0.6 is 31.9 Å². The lowest BCUT2D eigenvalue weighted by Gasteiger charge is -2.25. The first kappa shape index (κ1) is 20.7. The number of carbonyl (C=O) groups excluding carboxylic acids is 1. The highest BCUT2D eigenvalue weighted by Gasteiger charge is 2.06. The molecule has 0 amide bonds. The Morgan fingerprint density at radius 2 is 1.22 bits per heavy atom. The van der Waals surface area contributed by atoms with Crippen molar-refractivity contribution < 1.29 is 4.79 Å². The molecule has 130 valence electrons. The fourth-order valence-corrected chi connectivity index (χ4v) is 3.43. The molecule has 1 aromatic rings. The summed E-state index contributed by atoms with van der Waals surface area (Å²) in [6, 6.07) is 8.01.